The van der Waals surface area contributed by atoms with Gasteiger partial charge in [-0.05, 0) is 49.7 Å². The zero-order chi connectivity index (χ0) is 23.6. The summed E-state index contributed by atoms with van der Waals surface area (Å²) in [6.45, 7) is 3.87. The van der Waals surface area contributed by atoms with Crippen LogP contribution in [0.5, 0.6) is 11.5 Å². The average molecular weight is 467 g/mol. The van der Waals surface area contributed by atoms with E-state index in [-0.39, 0.29) is 18.0 Å². The summed E-state index contributed by atoms with van der Waals surface area (Å²) in [7, 11) is -2.33. The Morgan fingerprint density at radius 3 is 2.48 bits per heavy atom. The highest BCUT2D eigenvalue weighted by molar-refractivity contribution is 7.92. The molecule has 172 valence electrons. The Labute approximate surface area is 194 Å². The average Bonchev–Trinajstić information content (AvgIpc) is 2.82. The molecule has 0 aromatic heterocycles. The molecule has 0 aliphatic carbocycles. The Morgan fingerprint density at radius 1 is 1.06 bits per heavy atom. The van der Waals surface area contributed by atoms with Crippen molar-refractivity contribution in [2.24, 2.45) is 0 Å². The summed E-state index contributed by atoms with van der Waals surface area (Å²) >= 11 is 0. The molecule has 3 aromatic rings. The number of carbonyl (C=O) groups is 1. The molecule has 33 heavy (non-hydrogen) atoms. The summed E-state index contributed by atoms with van der Waals surface area (Å²) in [6, 6.07) is 19.3. The van der Waals surface area contributed by atoms with Crippen LogP contribution in [0, 0.1) is 13.8 Å². The number of anilines is 1. The van der Waals surface area contributed by atoms with Crippen molar-refractivity contribution in [2.45, 2.75) is 31.4 Å². The number of para-hydroxylation sites is 1. The molecule has 7 nitrogen and oxygen atoms in total. The summed E-state index contributed by atoms with van der Waals surface area (Å²) in [5, 5.41) is 2.84. The summed E-state index contributed by atoms with van der Waals surface area (Å²) < 4.78 is 39.6. The van der Waals surface area contributed by atoms with Crippen LogP contribution in [0.2, 0.25) is 0 Å². The summed E-state index contributed by atoms with van der Waals surface area (Å²) in [5.41, 5.74) is 3.08. The first-order valence-electron chi connectivity index (χ1n) is 10.6. The second-order valence-electron chi connectivity index (χ2n) is 7.96. The molecule has 4 rings (SSSR count). The number of hydrogen-bond acceptors (Lipinski definition) is 5. The number of benzene rings is 3. The SMILES string of the molecule is COc1ccccc1CNC(=O)[C@H]1CN(S(=O)(=O)c2ccc(C)cc2)c2cc(C)ccc2O1. The number of fused-ring (bicyclic) bond motifs is 1. The minimum absolute atomic E-state index is 0.135. The first kappa shape index (κ1) is 22.7. The molecule has 1 heterocycles. The lowest BCUT2D eigenvalue weighted by molar-refractivity contribution is -0.127. The van der Waals surface area contributed by atoms with E-state index in [1.165, 1.54) is 4.31 Å². The minimum atomic E-state index is -3.90. The zero-order valence-electron chi connectivity index (χ0n) is 18.7. The van der Waals surface area contributed by atoms with Crippen LogP contribution in [-0.2, 0) is 21.4 Å². The fourth-order valence-corrected chi connectivity index (χ4v) is 5.18. The summed E-state index contributed by atoms with van der Waals surface area (Å²) in [5.74, 6) is 0.600. The number of nitrogens with one attached hydrogen (secondary N) is 1. The van der Waals surface area contributed by atoms with Gasteiger partial charge in [0.2, 0.25) is 0 Å². The molecule has 1 aliphatic rings. The van der Waals surface area contributed by atoms with Gasteiger partial charge in [0, 0.05) is 12.1 Å². The number of sulfonamides is 1. The number of methoxy groups -OCH3 is 1. The molecule has 1 atom stereocenters. The van der Waals surface area contributed by atoms with Gasteiger partial charge in [0.25, 0.3) is 15.9 Å². The second-order valence-corrected chi connectivity index (χ2v) is 9.82. The van der Waals surface area contributed by atoms with Gasteiger partial charge in [-0.3, -0.25) is 9.10 Å². The van der Waals surface area contributed by atoms with E-state index in [1.54, 1.807) is 43.5 Å². The second kappa shape index (κ2) is 9.15. The third-order valence-corrected chi connectivity index (χ3v) is 7.32. The van der Waals surface area contributed by atoms with Gasteiger partial charge in [-0.15, -0.1) is 0 Å². The Hall–Kier alpha value is -3.52. The maximum atomic E-state index is 13.5. The maximum absolute atomic E-state index is 13.5. The van der Waals surface area contributed by atoms with Crippen LogP contribution in [0.1, 0.15) is 16.7 Å². The van der Waals surface area contributed by atoms with Gasteiger partial charge in [0.1, 0.15) is 11.5 Å². The number of aryl methyl sites for hydroxylation is 2. The van der Waals surface area contributed by atoms with Crippen LogP contribution >= 0.6 is 0 Å². The molecule has 1 aliphatic heterocycles. The minimum Gasteiger partial charge on any atom is -0.496 e. The molecule has 0 fully saturated rings. The predicted octanol–water partition coefficient (Wildman–Crippen LogP) is 3.58. The molecular weight excluding hydrogens is 440 g/mol. The number of nitrogens with zero attached hydrogens (tertiary/aromatic N) is 1. The van der Waals surface area contributed by atoms with Crippen molar-refractivity contribution < 1.29 is 22.7 Å². The van der Waals surface area contributed by atoms with Gasteiger partial charge in [-0.1, -0.05) is 42.0 Å². The number of hydrogen-bond donors (Lipinski definition) is 1. The Morgan fingerprint density at radius 2 is 1.76 bits per heavy atom. The van der Waals surface area contributed by atoms with E-state index >= 15 is 0 Å². The lowest BCUT2D eigenvalue weighted by atomic mass is 10.1. The van der Waals surface area contributed by atoms with Crippen LogP contribution in [0.3, 0.4) is 0 Å². The molecule has 1 amide bonds. The normalized spacial score (nSPS) is 15.4. The standard InChI is InChI=1S/C25H26N2O5S/c1-17-8-11-20(12-9-17)33(29,30)27-16-24(32-23-13-10-18(2)14-21(23)27)25(28)26-15-19-6-4-5-7-22(19)31-3/h4-14,24H,15-16H2,1-3H3,(H,26,28)/t24-/m1/s1. The van der Waals surface area contributed by atoms with Crippen LogP contribution < -0.4 is 19.1 Å². The van der Waals surface area contributed by atoms with Crippen LogP contribution in [0.15, 0.2) is 71.6 Å². The van der Waals surface area contributed by atoms with Gasteiger partial charge in [0.15, 0.2) is 6.10 Å². The van der Waals surface area contributed by atoms with E-state index in [2.05, 4.69) is 5.32 Å². The fourth-order valence-electron chi connectivity index (χ4n) is 3.71. The van der Waals surface area contributed by atoms with Gasteiger partial charge in [-0.2, -0.15) is 0 Å². The van der Waals surface area contributed by atoms with Crippen molar-refractivity contribution in [3.8, 4) is 11.5 Å². The van der Waals surface area contributed by atoms with Gasteiger partial charge < -0.3 is 14.8 Å². The highest BCUT2D eigenvalue weighted by Crippen LogP contribution is 2.37. The van der Waals surface area contributed by atoms with E-state index in [1.807, 2.05) is 44.2 Å². The van der Waals surface area contributed by atoms with Crippen molar-refractivity contribution in [1.82, 2.24) is 5.32 Å². The quantitative estimate of drug-likeness (QED) is 0.600. The molecule has 1 N–H and O–H groups in total. The Kier molecular flexibility index (Phi) is 6.29. The van der Waals surface area contributed by atoms with E-state index < -0.39 is 22.0 Å². The molecule has 0 saturated heterocycles. The summed E-state index contributed by atoms with van der Waals surface area (Å²) in [4.78, 5) is 13.2. The third kappa shape index (κ3) is 4.66. The van der Waals surface area contributed by atoms with Gasteiger partial charge in [-0.25, -0.2) is 8.42 Å². The van der Waals surface area contributed by atoms with E-state index in [9.17, 15) is 13.2 Å². The van der Waals surface area contributed by atoms with Crippen LogP contribution in [0.25, 0.3) is 0 Å². The number of rotatable bonds is 6. The first-order valence-corrected chi connectivity index (χ1v) is 12.0. The van der Waals surface area contributed by atoms with Crippen molar-refractivity contribution >= 4 is 21.6 Å². The Balaban J connectivity index is 1.62. The fraction of sp³-hybridized carbons (Fsp3) is 0.240. The summed E-state index contributed by atoms with van der Waals surface area (Å²) in [6.07, 6.45) is -1.00. The monoisotopic (exact) mass is 466 g/mol. The number of carbonyl (C=O) groups excluding carboxylic acids is 1. The Bertz CT molecular complexity index is 1270. The number of ether oxygens (including phenoxy) is 2. The topological polar surface area (TPSA) is 84.9 Å². The van der Waals surface area contributed by atoms with Crippen LogP contribution in [0.4, 0.5) is 5.69 Å². The first-order chi connectivity index (χ1) is 15.8. The van der Waals surface area contributed by atoms with E-state index in [4.69, 9.17) is 9.47 Å². The van der Waals surface area contributed by atoms with Crippen molar-refractivity contribution in [2.75, 3.05) is 18.0 Å². The molecule has 0 saturated carbocycles. The van der Waals surface area contributed by atoms with Crippen molar-refractivity contribution in [3.63, 3.8) is 0 Å². The van der Waals surface area contributed by atoms with Crippen LogP contribution in [-0.4, -0.2) is 34.1 Å². The zero-order valence-corrected chi connectivity index (χ0v) is 19.6. The van der Waals surface area contributed by atoms with E-state index in [0.717, 1.165) is 16.7 Å². The molecular formula is C25H26N2O5S. The third-order valence-electron chi connectivity index (χ3n) is 5.53. The van der Waals surface area contributed by atoms with Crippen molar-refractivity contribution in [3.05, 3.63) is 83.4 Å². The van der Waals surface area contributed by atoms with E-state index in [0.29, 0.717) is 17.2 Å². The van der Waals surface area contributed by atoms with Gasteiger partial charge in [0.05, 0.1) is 24.2 Å². The highest BCUT2D eigenvalue weighted by atomic mass is 32.2. The molecule has 3 aromatic carbocycles. The smallest absolute Gasteiger partial charge is 0.264 e. The maximum Gasteiger partial charge on any atom is 0.264 e. The molecule has 0 spiro atoms. The molecule has 0 radical (unpaired) electrons. The molecule has 0 unspecified atom stereocenters. The lowest BCUT2D eigenvalue weighted by Gasteiger charge is -2.35. The number of amides is 1. The lowest BCUT2D eigenvalue weighted by Crippen LogP contribution is -2.50. The highest BCUT2D eigenvalue weighted by Gasteiger charge is 2.37. The molecule has 8 heteroatoms. The van der Waals surface area contributed by atoms with Gasteiger partial charge >= 0.3 is 0 Å². The van der Waals surface area contributed by atoms with Crippen molar-refractivity contribution in [1.29, 1.82) is 0 Å². The predicted molar refractivity (Wildman–Crippen MR) is 126 cm³/mol. The molecule has 0 bridgehead atoms. The largest absolute Gasteiger partial charge is 0.496 e.